The number of aliphatic hydroxyl groups excluding tert-OH is 1. The summed E-state index contributed by atoms with van der Waals surface area (Å²) >= 11 is 0. The van der Waals surface area contributed by atoms with Crippen LogP contribution < -0.4 is 5.32 Å². The van der Waals surface area contributed by atoms with Crippen LogP contribution >= 0.6 is 0 Å². The largest absolute Gasteiger partial charge is 0.416 e. The number of nitrogens with zero attached hydrogens (tertiary/aromatic N) is 2. The third-order valence-corrected chi connectivity index (χ3v) is 5.35. The van der Waals surface area contributed by atoms with Gasteiger partial charge < -0.3 is 15.2 Å². The lowest BCUT2D eigenvalue weighted by Crippen LogP contribution is -2.54. The molecule has 4 rings (SSSR count). The summed E-state index contributed by atoms with van der Waals surface area (Å²) in [4.78, 5) is 17.4. The van der Waals surface area contributed by atoms with E-state index in [2.05, 4.69) is 10.3 Å². The lowest BCUT2D eigenvalue weighted by atomic mass is 9.91. The molecule has 1 aliphatic heterocycles. The van der Waals surface area contributed by atoms with E-state index < -0.39 is 23.2 Å². The van der Waals surface area contributed by atoms with Crippen molar-refractivity contribution in [3.8, 4) is 11.3 Å². The standard InChI is InChI=1S/C21H20F3N3O3/c22-21(23,24)15-5-3-4-14(12-15)17-16-6-1-2-9-27(16)18(25-17)19(29)26-20(13-28)7-10-30-11-8-20/h1-6,9,12,28H,7-8,10-11,13H2,(H,26,29). The Labute approximate surface area is 170 Å². The third kappa shape index (κ3) is 3.78. The number of alkyl halides is 3. The molecule has 158 valence electrons. The minimum atomic E-state index is -4.48. The number of benzene rings is 1. The summed E-state index contributed by atoms with van der Waals surface area (Å²) in [5.74, 6) is -0.470. The zero-order valence-corrected chi connectivity index (χ0v) is 15.9. The molecule has 30 heavy (non-hydrogen) atoms. The van der Waals surface area contributed by atoms with Gasteiger partial charge in [-0.3, -0.25) is 9.20 Å². The Morgan fingerprint density at radius 1 is 1.20 bits per heavy atom. The average Bonchev–Trinajstić information content (AvgIpc) is 3.14. The normalized spacial score (nSPS) is 16.5. The van der Waals surface area contributed by atoms with Gasteiger partial charge >= 0.3 is 6.18 Å². The number of hydrogen-bond donors (Lipinski definition) is 2. The fourth-order valence-electron chi connectivity index (χ4n) is 3.63. The van der Waals surface area contributed by atoms with Gasteiger partial charge in [-0.05, 0) is 37.1 Å². The number of amides is 1. The molecular weight excluding hydrogens is 399 g/mol. The van der Waals surface area contributed by atoms with Gasteiger partial charge in [-0.2, -0.15) is 13.2 Å². The van der Waals surface area contributed by atoms with Crippen molar-refractivity contribution in [2.45, 2.75) is 24.6 Å². The molecular formula is C21H20F3N3O3. The Hall–Kier alpha value is -2.91. The summed E-state index contributed by atoms with van der Waals surface area (Å²) < 4.78 is 46.3. The van der Waals surface area contributed by atoms with Crippen molar-refractivity contribution in [3.05, 3.63) is 60.0 Å². The molecule has 1 aromatic carbocycles. The summed E-state index contributed by atoms with van der Waals surface area (Å²) in [7, 11) is 0. The summed E-state index contributed by atoms with van der Waals surface area (Å²) in [6, 6.07) is 9.97. The smallest absolute Gasteiger partial charge is 0.394 e. The maximum atomic E-state index is 13.1. The van der Waals surface area contributed by atoms with Crippen LogP contribution in [-0.2, 0) is 10.9 Å². The predicted octanol–water partition coefficient (Wildman–Crippen LogP) is 3.29. The van der Waals surface area contributed by atoms with Crippen LogP contribution in [0.2, 0.25) is 0 Å². The van der Waals surface area contributed by atoms with Crippen molar-refractivity contribution in [2.24, 2.45) is 0 Å². The minimum Gasteiger partial charge on any atom is -0.394 e. The lowest BCUT2D eigenvalue weighted by molar-refractivity contribution is -0.137. The second-order valence-electron chi connectivity index (χ2n) is 7.32. The van der Waals surface area contributed by atoms with Crippen molar-refractivity contribution in [2.75, 3.05) is 19.8 Å². The number of hydrogen-bond acceptors (Lipinski definition) is 4. The van der Waals surface area contributed by atoms with Crippen molar-refractivity contribution < 1.29 is 27.8 Å². The SMILES string of the molecule is O=C(NC1(CO)CCOCC1)c1nc(-c2cccc(C(F)(F)F)c2)c2ccccn12. The highest BCUT2D eigenvalue weighted by Gasteiger charge is 2.35. The minimum absolute atomic E-state index is 0.0392. The first-order chi connectivity index (χ1) is 14.3. The molecule has 0 radical (unpaired) electrons. The number of ether oxygens (including phenoxy) is 1. The van der Waals surface area contributed by atoms with Crippen LogP contribution in [-0.4, -0.2) is 45.8 Å². The van der Waals surface area contributed by atoms with Gasteiger partial charge in [0, 0.05) is 25.0 Å². The van der Waals surface area contributed by atoms with E-state index in [9.17, 15) is 23.1 Å². The van der Waals surface area contributed by atoms with E-state index in [4.69, 9.17) is 4.74 Å². The number of aliphatic hydroxyl groups is 1. The van der Waals surface area contributed by atoms with Crippen LogP contribution in [0.4, 0.5) is 13.2 Å². The third-order valence-electron chi connectivity index (χ3n) is 5.35. The molecule has 1 aliphatic rings. The van der Waals surface area contributed by atoms with E-state index in [1.165, 1.54) is 16.5 Å². The van der Waals surface area contributed by atoms with Crippen LogP contribution in [0.5, 0.6) is 0 Å². The van der Waals surface area contributed by atoms with Gasteiger partial charge in [-0.15, -0.1) is 0 Å². The second-order valence-corrected chi connectivity index (χ2v) is 7.32. The Morgan fingerprint density at radius 2 is 1.97 bits per heavy atom. The quantitative estimate of drug-likeness (QED) is 0.681. The van der Waals surface area contributed by atoms with Crippen LogP contribution in [0.25, 0.3) is 16.8 Å². The molecule has 9 heteroatoms. The number of halogens is 3. The molecule has 1 amide bonds. The van der Waals surface area contributed by atoms with Gasteiger partial charge in [0.15, 0.2) is 0 Å². The second kappa shape index (κ2) is 7.73. The van der Waals surface area contributed by atoms with Crippen molar-refractivity contribution >= 4 is 11.4 Å². The average molecular weight is 419 g/mol. The number of nitrogens with one attached hydrogen (secondary N) is 1. The Morgan fingerprint density at radius 3 is 2.67 bits per heavy atom. The molecule has 0 spiro atoms. The molecule has 0 aliphatic carbocycles. The maximum Gasteiger partial charge on any atom is 0.416 e. The van der Waals surface area contributed by atoms with E-state index in [1.807, 2.05) is 0 Å². The summed E-state index contributed by atoms with van der Waals surface area (Å²) in [5, 5.41) is 12.7. The summed E-state index contributed by atoms with van der Waals surface area (Å²) in [6.07, 6.45) is -1.94. The molecule has 3 aromatic rings. The molecule has 0 atom stereocenters. The summed E-state index contributed by atoms with van der Waals surface area (Å²) in [6.45, 7) is 0.587. The van der Waals surface area contributed by atoms with Crippen LogP contribution in [0.3, 0.4) is 0 Å². The first kappa shape index (κ1) is 20.4. The summed E-state index contributed by atoms with van der Waals surface area (Å²) in [5.41, 5.74) is -0.560. The van der Waals surface area contributed by atoms with Crippen molar-refractivity contribution in [3.63, 3.8) is 0 Å². The van der Waals surface area contributed by atoms with E-state index in [-0.39, 0.29) is 23.7 Å². The molecule has 2 N–H and O–H groups in total. The van der Waals surface area contributed by atoms with E-state index in [0.29, 0.717) is 31.6 Å². The first-order valence-electron chi connectivity index (χ1n) is 9.49. The van der Waals surface area contributed by atoms with E-state index in [1.54, 1.807) is 24.4 Å². The van der Waals surface area contributed by atoms with Crippen molar-refractivity contribution in [1.29, 1.82) is 0 Å². The molecule has 1 saturated heterocycles. The predicted molar refractivity (Wildman–Crippen MR) is 103 cm³/mol. The highest BCUT2D eigenvalue weighted by atomic mass is 19.4. The Kier molecular flexibility index (Phi) is 5.25. The highest BCUT2D eigenvalue weighted by molar-refractivity contribution is 5.95. The van der Waals surface area contributed by atoms with Gasteiger partial charge in [0.1, 0.15) is 0 Å². The van der Waals surface area contributed by atoms with Gasteiger partial charge in [0.25, 0.3) is 5.91 Å². The Bertz CT molecular complexity index is 1070. The number of carbonyl (C=O) groups excluding carboxylic acids is 1. The van der Waals surface area contributed by atoms with E-state index >= 15 is 0 Å². The zero-order valence-electron chi connectivity index (χ0n) is 15.9. The molecule has 3 heterocycles. The molecule has 0 unspecified atom stereocenters. The first-order valence-corrected chi connectivity index (χ1v) is 9.49. The number of pyridine rings is 1. The van der Waals surface area contributed by atoms with Gasteiger partial charge in [-0.1, -0.05) is 18.2 Å². The van der Waals surface area contributed by atoms with Gasteiger partial charge in [-0.25, -0.2) is 4.98 Å². The zero-order chi connectivity index (χ0) is 21.4. The van der Waals surface area contributed by atoms with Gasteiger partial charge in [0.2, 0.25) is 5.82 Å². The van der Waals surface area contributed by atoms with Crippen LogP contribution in [0.15, 0.2) is 48.7 Å². The van der Waals surface area contributed by atoms with Gasteiger partial charge in [0.05, 0.1) is 28.9 Å². The van der Waals surface area contributed by atoms with Crippen LogP contribution in [0, 0.1) is 0 Å². The lowest BCUT2D eigenvalue weighted by Gasteiger charge is -2.36. The monoisotopic (exact) mass is 419 g/mol. The fourth-order valence-corrected chi connectivity index (χ4v) is 3.63. The number of rotatable bonds is 4. The molecule has 1 fully saturated rings. The van der Waals surface area contributed by atoms with Crippen molar-refractivity contribution in [1.82, 2.24) is 14.7 Å². The number of fused-ring (bicyclic) bond motifs is 1. The highest BCUT2D eigenvalue weighted by Crippen LogP contribution is 2.33. The molecule has 0 saturated carbocycles. The number of imidazole rings is 1. The molecule has 0 bridgehead atoms. The Balaban J connectivity index is 1.75. The molecule has 2 aromatic heterocycles. The van der Waals surface area contributed by atoms with E-state index in [0.717, 1.165) is 12.1 Å². The topological polar surface area (TPSA) is 75.9 Å². The maximum absolute atomic E-state index is 13.1. The fraction of sp³-hybridized carbons (Fsp3) is 0.333. The van der Waals surface area contributed by atoms with Crippen LogP contribution in [0.1, 0.15) is 29.0 Å². The number of carbonyl (C=O) groups is 1. The number of aromatic nitrogens is 2. The molecule has 6 nitrogen and oxygen atoms in total.